The average molecular weight is 288 g/mol. The van der Waals surface area contributed by atoms with Gasteiger partial charge in [-0.3, -0.25) is 4.79 Å². The van der Waals surface area contributed by atoms with Crippen LogP contribution in [-0.4, -0.2) is 30.6 Å². The molecule has 0 aromatic carbocycles. The first-order valence-corrected chi connectivity index (χ1v) is 7.39. The van der Waals surface area contributed by atoms with Gasteiger partial charge in [0.05, 0.1) is 6.42 Å². The number of thiazole rings is 1. The quantitative estimate of drug-likeness (QED) is 0.571. The van der Waals surface area contributed by atoms with E-state index in [2.05, 4.69) is 17.2 Å². The third-order valence-corrected chi connectivity index (χ3v) is 3.72. The van der Waals surface area contributed by atoms with Gasteiger partial charge in [0.1, 0.15) is 0 Å². The molecular formula is C12H20N2O2S2. The van der Waals surface area contributed by atoms with Crippen LogP contribution in [0.15, 0.2) is 0 Å². The molecule has 1 aromatic rings. The summed E-state index contributed by atoms with van der Waals surface area (Å²) in [6.07, 6.45) is 2.29. The molecule has 0 aliphatic heterocycles. The molecule has 0 radical (unpaired) electrons. The molecule has 102 valence electrons. The minimum absolute atomic E-state index is 0.0406. The fourth-order valence-corrected chi connectivity index (χ4v) is 2.75. The second-order valence-corrected chi connectivity index (χ2v) is 5.83. The Balaban J connectivity index is 2.18. The van der Waals surface area contributed by atoms with E-state index in [1.807, 2.05) is 6.92 Å². The van der Waals surface area contributed by atoms with Gasteiger partial charge in [-0.25, -0.2) is 0 Å². The lowest BCUT2D eigenvalue weighted by Gasteiger charge is -2.05. The van der Waals surface area contributed by atoms with Gasteiger partial charge >= 0.3 is 0 Å². The molecule has 0 spiro atoms. The summed E-state index contributed by atoms with van der Waals surface area (Å²) in [4.78, 5) is 15.7. The topological polar surface area (TPSA) is 54.1 Å². The van der Waals surface area contributed by atoms with Gasteiger partial charge in [0.15, 0.2) is 3.95 Å². The van der Waals surface area contributed by atoms with Crippen molar-refractivity contribution in [3.8, 4) is 0 Å². The highest BCUT2D eigenvalue weighted by Gasteiger charge is 2.07. The molecule has 0 saturated heterocycles. The molecular weight excluding hydrogens is 268 g/mol. The Kier molecular flexibility index (Phi) is 7.15. The van der Waals surface area contributed by atoms with E-state index in [4.69, 9.17) is 17.0 Å². The zero-order valence-electron chi connectivity index (χ0n) is 10.9. The van der Waals surface area contributed by atoms with Crippen LogP contribution in [0.3, 0.4) is 0 Å². The molecule has 1 rings (SSSR count). The molecule has 6 heteroatoms. The number of hydrogen-bond donors (Lipinski definition) is 2. The highest BCUT2D eigenvalue weighted by Crippen LogP contribution is 2.14. The molecule has 0 saturated carbocycles. The fourth-order valence-electron chi connectivity index (χ4n) is 1.46. The molecule has 0 aliphatic rings. The number of carbonyl (C=O) groups excluding carboxylic acids is 1. The zero-order valence-corrected chi connectivity index (χ0v) is 12.5. The number of carbonyl (C=O) groups is 1. The van der Waals surface area contributed by atoms with Crippen molar-refractivity contribution in [3.05, 3.63) is 14.5 Å². The van der Waals surface area contributed by atoms with E-state index in [9.17, 15) is 4.79 Å². The Morgan fingerprint density at radius 3 is 2.89 bits per heavy atom. The van der Waals surface area contributed by atoms with Crippen molar-refractivity contribution in [2.75, 3.05) is 19.8 Å². The second-order valence-electron chi connectivity index (χ2n) is 4.06. The first kappa shape index (κ1) is 15.3. The maximum Gasteiger partial charge on any atom is 0.225 e. The number of aromatic nitrogens is 1. The molecule has 1 amide bonds. The largest absolute Gasteiger partial charge is 0.381 e. The first-order chi connectivity index (χ1) is 8.63. The van der Waals surface area contributed by atoms with Gasteiger partial charge in [-0.15, -0.1) is 11.3 Å². The van der Waals surface area contributed by atoms with Crippen LogP contribution < -0.4 is 5.32 Å². The van der Waals surface area contributed by atoms with E-state index in [1.165, 1.54) is 11.3 Å². The summed E-state index contributed by atoms with van der Waals surface area (Å²) in [5.74, 6) is 0.0406. The number of aryl methyl sites for hydroxylation is 1. The van der Waals surface area contributed by atoms with Crippen LogP contribution in [0, 0.1) is 10.9 Å². The van der Waals surface area contributed by atoms with Gasteiger partial charge in [-0.05, 0) is 32.0 Å². The van der Waals surface area contributed by atoms with Crippen LogP contribution in [0.1, 0.15) is 30.3 Å². The third kappa shape index (κ3) is 5.75. The molecule has 0 bridgehead atoms. The Hall–Kier alpha value is -0.720. The van der Waals surface area contributed by atoms with Crippen LogP contribution >= 0.6 is 23.6 Å². The SMILES string of the molecule is CCCOCCCNC(=O)Cc1sc(=S)[nH]c1C. The van der Waals surface area contributed by atoms with Crippen molar-refractivity contribution in [3.63, 3.8) is 0 Å². The number of hydrogen-bond acceptors (Lipinski definition) is 4. The van der Waals surface area contributed by atoms with E-state index in [0.717, 1.165) is 34.0 Å². The lowest BCUT2D eigenvalue weighted by Crippen LogP contribution is -2.26. The normalized spacial score (nSPS) is 10.6. The van der Waals surface area contributed by atoms with Gasteiger partial charge in [-0.1, -0.05) is 6.92 Å². The molecule has 18 heavy (non-hydrogen) atoms. The summed E-state index contributed by atoms with van der Waals surface area (Å²) in [5.41, 5.74) is 0.992. The van der Waals surface area contributed by atoms with E-state index >= 15 is 0 Å². The Morgan fingerprint density at radius 2 is 2.28 bits per heavy atom. The summed E-state index contributed by atoms with van der Waals surface area (Å²) in [5, 5.41) is 2.88. The van der Waals surface area contributed by atoms with Gasteiger partial charge in [0.2, 0.25) is 5.91 Å². The molecule has 0 unspecified atom stereocenters. The number of rotatable bonds is 8. The number of nitrogens with one attached hydrogen (secondary N) is 2. The van der Waals surface area contributed by atoms with Crippen molar-refractivity contribution in [1.29, 1.82) is 0 Å². The molecule has 0 fully saturated rings. The number of aromatic amines is 1. The summed E-state index contributed by atoms with van der Waals surface area (Å²) in [7, 11) is 0. The van der Waals surface area contributed by atoms with Crippen LogP contribution in [0.5, 0.6) is 0 Å². The molecule has 1 aromatic heterocycles. The molecule has 0 atom stereocenters. The number of amides is 1. The van der Waals surface area contributed by atoms with Gasteiger partial charge < -0.3 is 15.0 Å². The first-order valence-electron chi connectivity index (χ1n) is 6.16. The minimum Gasteiger partial charge on any atom is -0.381 e. The van der Waals surface area contributed by atoms with Crippen molar-refractivity contribution in [2.45, 2.75) is 33.1 Å². The maximum atomic E-state index is 11.7. The molecule has 1 heterocycles. The van der Waals surface area contributed by atoms with Gasteiger partial charge in [0, 0.05) is 30.3 Å². The number of H-pyrrole nitrogens is 1. The summed E-state index contributed by atoms with van der Waals surface area (Å²) in [6.45, 7) is 6.18. The summed E-state index contributed by atoms with van der Waals surface area (Å²) in [6, 6.07) is 0. The Bertz CT molecular complexity index is 426. The summed E-state index contributed by atoms with van der Waals surface area (Å²) < 4.78 is 6.06. The summed E-state index contributed by atoms with van der Waals surface area (Å²) >= 11 is 6.50. The van der Waals surface area contributed by atoms with Crippen LogP contribution in [-0.2, 0) is 16.0 Å². The molecule has 2 N–H and O–H groups in total. The van der Waals surface area contributed by atoms with Crippen molar-refractivity contribution in [2.24, 2.45) is 0 Å². The van der Waals surface area contributed by atoms with Crippen LogP contribution in [0.2, 0.25) is 0 Å². The zero-order chi connectivity index (χ0) is 13.4. The third-order valence-electron chi connectivity index (χ3n) is 2.38. The lowest BCUT2D eigenvalue weighted by atomic mass is 10.3. The van der Waals surface area contributed by atoms with Crippen molar-refractivity contribution < 1.29 is 9.53 Å². The Morgan fingerprint density at radius 1 is 1.50 bits per heavy atom. The predicted molar refractivity (Wildman–Crippen MR) is 76.7 cm³/mol. The fraction of sp³-hybridized carbons (Fsp3) is 0.667. The lowest BCUT2D eigenvalue weighted by molar-refractivity contribution is -0.120. The Labute approximate surface area is 117 Å². The van der Waals surface area contributed by atoms with Gasteiger partial charge in [-0.2, -0.15) is 0 Å². The van der Waals surface area contributed by atoms with E-state index in [1.54, 1.807) is 0 Å². The van der Waals surface area contributed by atoms with E-state index in [-0.39, 0.29) is 5.91 Å². The van der Waals surface area contributed by atoms with E-state index in [0.29, 0.717) is 19.6 Å². The smallest absolute Gasteiger partial charge is 0.225 e. The van der Waals surface area contributed by atoms with Crippen LogP contribution in [0.25, 0.3) is 0 Å². The van der Waals surface area contributed by atoms with Crippen molar-refractivity contribution >= 4 is 29.5 Å². The predicted octanol–water partition coefficient (Wildman–Crippen LogP) is 2.59. The van der Waals surface area contributed by atoms with Crippen LogP contribution in [0.4, 0.5) is 0 Å². The van der Waals surface area contributed by atoms with E-state index < -0.39 is 0 Å². The van der Waals surface area contributed by atoms with Gasteiger partial charge in [0.25, 0.3) is 0 Å². The molecule has 4 nitrogen and oxygen atoms in total. The number of ether oxygens (including phenoxy) is 1. The monoisotopic (exact) mass is 288 g/mol. The van der Waals surface area contributed by atoms with Crippen molar-refractivity contribution in [1.82, 2.24) is 10.3 Å². The maximum absolute atomic E-state index is 11.7. The second kappa shape index (κ2) is 8.39. The highest BCUT2D eigenvalue weighted by atomic mass is 32.1. The standard InChI is InChI=1S/C12H20N2O2S2/c1-3-6-16-7-4-5-13-11(15)8-10-9(2)14-12(17)18-10/h3-8H2,1-2H3,(H,13,15)(H,14,17). The minimum atomic E-state index is 0.0406. The average Bonchev–Trinajstić information content (AvgIpc) is 2.62. The molecule has 0 aliphatic carbocycles. The highest BCUT2D eigenvalue weighted by molar-refractivity contribution is 7.73.